The summed E-state index contributed by atoms with van der Waals surface area (Å²) in [5.74, 6) is -0.286. The Labute approximate surface area is 204 Å². The summed E-state index contributed by atoms with van der Waals surface area (Å²) >= 11 is 0. The van der Waals surface area contributed by atoms with Gasteiger partial charge in [-0.25, -0.2) is 4.98 Å². The van der Waals surface area contributed by atoms with Crippen LogP contribution >= 0.6 is 0 Å². The summed E-state index contributed by atoms with van der Waals surface area (Å²) in [7, 11) is 0. The molecule has 0 spiro atoms. The molecule has 1 aliphatic rings. The molecule has 6 nitrogen and oxygen atoms in total. The lowest BCUT2D eigenvalue weighted by molar-refractivity contribution is -0.144. The molecule has 2 aromatic heterocycles. The first-order valence-corrected chi connectivity index (χ1v) is 12.2. The van der Waals surface area contributed by atoms with E-state index in [1.54, 1.807) is 12.4 Å². The van der Waals surface area contributed by atoms with Crippen LogP contribution in [-0.2, 0) is 16.0 Å². The smallest absolute Gasteiger partial charge is 0.304 e. The quantitative estimate of drug-likeness (QED) is 0.317. The molecule has 2 heterocycles. The lowest BCUT2D eigenvalue weighted by atomic mass is 9.75. The summed E-state index contributed by atoms with van der Waals surface area (Å²) < 4.78 is 0. The number of benzene rings is 2. The highest BCUT2D eigenvalue weighted by molar-refractivity contribution is 5.89. The first kappa shape index (κ1) is 23.0. The van der Waals surface area contributed by atoms with E-state index < -0.39 is 11.4 Å². The van der Waals surface area contributed by atoms with Gasteiger partial charge in [-0.15, -0.1) is 0 Å². The Hall–Kier alpha value is -3.80. The van der Waals surface area contributed by atoms with E-state index in [4.69, 9.17) is 4.98 Å². The maximum Gasteiger partial charge on any atom is 0.304 e. The summed E-state index contributed by atoms with van der Waals surface area (Å²) in [4.78, 5) is 37.5. The van der Waals surface area contributed by atoms with Crippen LogP contribution in [0.15, 0.2) is 73.1 Å². The number of ketones is 1. The number of rotatable bonds is 9. The van der Waals surface area contributed by atoms with Gasteiger partial charge in [0, 0.05) is 24.0 Å². The molecule has 6 heteroatoms. The molecule has 1 saturated carbocycles. The Kier molecular flexibility index (Phi) is 6.45. The van der Waals surface area contributed by atoms with Crippen molar-refractivity contribution in [2.24, 2.45) is 5.41 Å². The van der Waals surface area contributed by atoms with E-state index in [2.05, 4.69) is 46.4 Å². The number of pyridine rings is 1. The SMILES string of the molecule is O=C(O)CC1(C(=O)C[C@@H](Cc2ccc(-c3ccccc3)cc2)c2nc3ccncc3[nH]2)CCCC1. The number of carboxylic acids is 1. The van der Waals surface area contributed by atoms with Crippen LogP contribution < -0.4 is 0 Å². The van der Waals surface area contributed by atoms with Gasteiger partial charge in [0.05, 0.1) is 23.7 Å². The third-order valence-electron chi connectivity index (χ3n) is 7.31. The van der Waals surface area contributed by atoms with Gasteiger partial charge < -0.3 is 10.1 Å². The molecule has 1 atom stereocenters. The number of hydrogen-bond donors (Lipinski definition) is 2. The molecule has 2 aromatic carbocycles. The van der Waals surface area contributed by atoms with Crippen LogP contribution in [0.4, 0.5) is 0 Å². The number of nitrogens with zero attached hydrogens (tertiary/aromatic N) is 2. The van der Waals surface area contributed by atoms with Crippen molar-refractivity contribution >= 4 is 22.8 Å². The number of hydrogen-bond acceptors (Lipinski definition) is 4. The molecule has 0 aliphatic heterocycles. The second kappa shape index (κ2) is 9.82. The maximum absolute atomic E-state index is 13.6. The molecular weight excluding hydrogens is 438 g/mol. The molecule has 0 unspecified atom stereocenters. The fourth-order valence-corrected chi connectivity index (χ4v) is 5.42. The summed E-state index contributed by atoms with van der Waals surface area (Å²) in [6.45, 7) is 0. The van der Waals surface area contributed by atoms with E-state index in [9.17, 15) is 14.7 Å². The molecule has 1 aliphatic carbocycles. The van der Waals surface area contributed by atoms with Crippen molar-refractivity contribution in [3.05, 3.63) is 84.4 Å². The molecule has 0 saturated heterocycles. The minimum absolute atomic E-state index is 0.0434. The normalized spacial score (nSPS) is 15.8. The standard InChI is InChI=1S/C29H29N3O3/c33-26(29(18-27(34)35)13-4-5-14-29)17-23(28-31-24-12-15-30-19-25(24)32-28)16-20-8-10-22(11-9-20)21-6-2-1-3-7-21/h1-3,6-12,15,19,23H,4-5,13-14,16-18H2,(H,31,32)(H,34,35)/t23-/m1/s1. The summed E-state index contributed by atoms with van der Waals surface area (Å²) in [6.07, 6.45) is 7.37. The van der Waals surface area contributed by atoms with Crippen molar-refractivity contribution in [1.29, 1.82) is 0 Å². The summed E-state index contributed by atoms with van der Waals surface area (Å²) in [5, 5.41) is 9.51. The van der Waals surface area contributed by atoms with Crippen LogP contribution in [0.2, 0.25) is 0 Å². The number of aromatic amines is 1. The predicted octanol–water partition coefficient (Wildman–Crippen LogP) is 5.95. The van der Waals surface area contributed by atoms with E-state index in [0.29, 0.717) is 19.3 Å². The molecule has 0 bridgehead atoms. The van der Waals surface area contributed by atoms with Crippen molar-refractivity contribution in [2.75, 3.05) is 0 Å². The van der Waals surface area contributed by atoms with Crippen molar-refractivity contribution in [2.45, 2.75) is 50.9 Å². The Morgan fingerprint density at radius 1 is 0.971 bits per heavy atom. The number of carboxylic acid groups (broad SMARTS) is 1. The van der Waals surface area contributed by atoms with E-state index in [1.165, 1.54) is 0 Å². The van der Waals surface area contributed by atoms with Gasteiger partial charge in [-0.2, -0.15) is 0 Å². The Bertz CT molecular complexity index is 1290. The number of carbonyl (C=O) groups is 2. The number of nitrogens with one attached hydrogen (secondary N) is 1. The van der Waals surface area contributed by atoms with Crippen molar-refractivity contribution in [3.8, 4) is 11.1 Å². The maximum atomic E-state index is 13.6. The fourth-order valence-electron chi connectivity index (χ4n) is 5.42. The highest BCUT2D eigenvalue weighted by atomic mass is 16.4. The van der Waals surface area contributed by atoms with Gasteiger partial charge in [0.25, 0.3) is 0 Å². The Morgan fingerprint density at radius 3 is 2.37 bits per heavy atom. The summed E-state index contributed by atoms with van der Waals surface area (Å²) in [5.41, 5.74) is 4.30. The van der Waals surface area contributed by atoms with E-state index in [1.807, 2.05) is 24.3 Å². The second-order valence-corrected chi connectivity index (χ2v) is 9.66. The van der Waals surface area contributed by atoms with Gasteiger partial charge in [-0.05, 0) is 42.0 Å². The van der Waals surface area contributed by atoms with Crippen molar-refractivity contribution < 1.29 is 14.7 Å². The monoisotopic (exact) mass is 467 g/mol. The minimum atomic E-state index is -0.900. The number of fused-ring (bicyclic) bond motifs is 1. The van der Waals surface area contributed by atoms with Crippen LogP contribution in [0, 0.1) is 5.41 Å². The number of imidazole rings is 1. The van der Waals surface area contributed by atoms with E-state index in [-0.39, 0.29) is 24.5 Å². The zero-order valence-electron chi connectivity index (χ0n) is 19.6. The number of H-pyrrole nitrogens is 1. The average molecular weight is 468 g/mol. The molecular formula is C29H29N3O3. The zero-order chi connectivity index (χ0) is 24.3. The van der Waals surface area contributed by atoms with Crippen molar-refractivity contribution in [3.63, 3.8) is 0 Å². The molecule has 0 radical (unpaired) electrons. The molecule has 35 heavy (non-hydrogen) atoms. The van der Waals surface area contributed by atoms with Gasteiger partial charge >= 0.3 is 5.97 Å². The third-order valence-corrected chi connectivity index (χ3v) is 7.31. The molecule has 5 rings (SSSR count). The van der Waals surface area contributed by atoms with Crippen LogP contribution in [0.5, 0.6) is 0 Å². The Morgan fingerprint density at radius 2 is 1.69 bits per heavy atom. The number of Topliss-reactive ketones (excluding diaryl/α,β-unsaturated/α-hetero) is 1. The van der Waals surface area contributed by atoms with Crippen LogP contribution in [-0.4, -0.2) is 31.8 Å². The fraction of sp³-hybridized carbons (Fsp3) is 0.310. The van der Waals surface area contributed by atoms with Gasteiger partial charge in [-0.1, -0.05) is 67.4 Å². The highest BCUT2D eigenvalue weighted by Gasteiger charge is 2.43. The Balaban J connectivity index is 1.43. The lowest BCUT2D eigenvalue weighted by Crippen LogP contribution is -2.32. The minimum Gasteiger partial charge on any atom is -0.481 e. The van der Waals surface area contributed by atoms with Gasteiger partial charge in [0.1, 0.15) is 11.6 Å². The third kappa shape index (κ3) is 5.02. The number of carbonyl (C=O) groups excluding carboxylic acids is 1. The van der Waals surface area contributed by atoms with Gasteiger partial charge in [0.2, 0.25) is 0 Å². The molecule has 2 N–H and O–H groups in total. The number of aliphatic carboxylic acids is 1. The van der Waals surface area contributed by atoms with Crippen LogP contribution in [0.3, 0.4) is 0 Å². The number of aromatic nitrogens is 3. The van der Waals surface area contributed by atoms with Crippen LogP contribution in [0.1, 0.15) is 55.8 Å². The van der Waals surface area contributed by atoms with E-state index in [0.717, 1.165) is 46.4 Å². The molecule has 4 aromatic rings. The predicted molar refractivity (Wildman–Crippen MR) is 135 cm³/mol. The topological polar surface area (TPSA) is 95.9 Å². The van der Waals surface area contributed by atoms with Gasteiger partial charge in [-0.3, -0.25) is 14.6 Å². The van der Waals surface area contributed by atoms with E-state index >= 15 is 0 Å². The van der Waals surface area contributed by atoms with Crippen molar-refractivity contribution in [1.82, 2.24) is 15.0 Å². The molecule has 1 fully saturated rings. The van der Waals surface area contributed by atoms with Gasteiger partial charge in [0.15, 0.2) is 0 Å². The first-order chi connectivity index (χ1) is 17.0. The summed E-state index contributed by atoms with van der Waals surface area (Å²) in [6, 6.07) is 20.5. The first-order valence-electron chi connectivity index (χ1n) is 12.2. The zero-order valence-corrected chi connectivity index (χ0v) is 19.6. The average Bonchev–Trinajstić information content (AvgIpc) is 3.52. The second-order valence-electron chi connectivity index (χ2n) is 9.66. The lowest BCUT2D eigenvalue weighted by Gasteiger charge is -2.27. The molecule has 178 valence electrons. The van der Waals surface area contributed by atoms with Crippen LogP contribution in [0.25, 0.3) is 22.2 Å². The molecule has 0 amide bonds. The largest absolute Gasteiger partial charge is 0.481 e. The highest BCUT2D eigenvalue weighted by Crippen LogP contribution is 2.44.